The molecule has 7 heteroatoms. The monoisotopic (exact) mass is 342 g/mol. The van der Waals surface area contributed by atoms with Crippen LogP contribution in [0.2, 0.25) is 0 Å². The van der Waals surface area contributed by atoms with Gasteiger partial charge in [-0.05, 0) is 43.6 Å². The highest BCUT2D eigenvalue weighted by molar-refractivity contribution is 7.89. The topological polar surface area (TPSA) is 57.7 Å². The van der Waals surface area contributed by atoms with Gasteiger partial charge in [0, 0.05) is 26.2 Å². The highest BCUT2D eigenvalue weighted by atomic mass is 32.2. The first-order chi connectivity index (χ1) is 10.6. The van der Waals surface area contributed by atoms with Gasteiger partial charge in [0.25, 0.3) is 5.91 Å². The van der Waals surface area contributed by atoms with Crippen LogP contribution in [0.25, 0.3) is 0 Å². The molecule has 3 heterocycles. The normalized spacial score (nSPS) is 21.0. The van der Waals surface area contributed by atoms with E-state index in [9.17, 15) is 13.2 Å². The van der Waals surface area contributed by atoms with Crippen molar-refractivity contribution in [2.24, 2.45) is 0 Å². The van der Waals surface area contributed by atoms with Crippen molar-refractivity contribution in [3.63, 3.8) is 0 Å². The molecule has 0 N–H and O–H groups in total. The number of rotatable bonds is 3. The highest BCUT2D eigenvalue weighted by Crippen LogP contribution is 2.29. The summed E-state index contributed by atoms with van der Waals surface area (Å²) >= 11 is 1.25. The number of piperidine rings is 2. The van der Waals surface area contributed by atoms with Crippen LogP contribution in [0.5, 0.6) is 0 Å². The van der Waals surface area contributed by atoms with Crippen molar-refractivity contribution in [3.8, 4) is 0 Å². The first-order valence-corrected chi connectivity index (χ1v) is 10.3. The zero-order valence-corrected chi connectivity index (χ0v) is 14.3. The maximum atomic E-state index is 12.8. The van der Waals surface area contributed by atoms with E-state index in [-0.39, 0.29) is 10.8 Å². The van der Waals surface area contributed by atoms with Crippen LogP contribution >= 0.6 is 11.3 Å². The van der Waals surface area contributed by atoms with Crippen molar-refractivity contribution < 1.29 is 13.2 Å². The standard InChI is InChI=1S/C15H22N2O3S2/c18-15(16-8-3-1-4-9-16)14-13(7-12-21-14)22(19,20)17-10-5-2-6-11-17/h7,12H,1-6,8-11H2. The maximum absolute atomic E-state index is 12.8. The van der Waals surface area contributed by atoms with Gasteiger partial charge in [0.15, 0.2) is 0 Å². The Labute approximate surface area is 136 Å². The fourth-order valence-corrected chi connectivity index (χ4v) is 6.02. The molecule has 3 rings (SSSR count). The van der Waals surface area contributed by atoms with E-state index in [1.807, 2.05) is 0 Å². The first kappa shape index (κ1) is 16.0. The van der Waals surface area contributed by atoms with Gasteiger partial charge < -0.3 is 4.90 Å². The molecule has 1 aromatic heterocycles. The predicted octanol–water partition coefficient (Wildman–Crippen LogP) is 2.55. The average Bonchev–Trinajstić information content (AvgIpc) is 3.06. The smallest absolute Gasteiger partial charge is 0.265 e. The minimum Gasteiger partial charge on any atom is -0.338 e. The van der Waals surface area contributed by atoms with Crippen molar-refractivity contribution in [3.05, 3.63) is 16.3 Å². The Morgan fingerprint density at radius 1 is 0.955 bits per heavy atom. The molecule has 2 fully saturated rings. The van der Waals surface area contributed by atoms with E-state index in [4.69, 9.17) is 0 Å². The zero-order chi connectivity index (χ0) is 15.6. The third-order valence-corrected chi connectivity index (χ3v) is 7.37. The molecule has 22 heavy (non-hydrogen) atoms. The number of hydrogen-bond acceptors (Lipinski definition) is 4. The maximum Gasteiger partial charge on any atom is 0.265 e. The summed E-state index contributed by atoms with van der Waals surface area (Å²) in [6, 6.07) is 1.59. The van der Waals surface area contributed by atoms with Crippen LogP contribution < -0.4 is 0 Å². The minimum atomic E-state index is -3.54. The van der Waals surface area contributed by atoms with Crippen molar-refractivity contribution >= 4 is 27.3 Å². The summed E-state index contributed by atoms with van der Waals surface area (Å²) < 4.78 is 27.2. The summed E-state index contributed by atoms with van der Waals surface area (Å²) in [6.45, 7) is 2.60. The number of thiophene rings is 1. The number of carbonyl (C=O) groups excluding carboxylic acids is 1. The number of amides is 1. The van der Waals surface area contributed by atoms with E-state index < -0.39 is 10.0 Å². The molecule has 0 aromatic carbocycles. The number of carbonyl (C=O) groups is 1. The largest absolute Gasteiger partial charge is 0.338 e. The molecule has 1 aromatic rings. The number of nitrogens with zero attached hydrogens (tertiary/aromatic N) is 2. The number of sulfonamides is 1. The summed E-state index contributed by atoms with van der Waals surface area (Å²) in [4.78, 5) is 15.0. The van der Waals surface area contributed by atoms with Gasteiger partial charge in [-0.1, -0.05) is 6.42 Å². The van der Waals surface area contributed by atoms with Crippen LogP contribution in [-0.2, 0) is 10.0 Å². The van der Waals surface area contributed by atoms with Gasteiger partial charge in [-0.3, -0.25) is 4.79 Å². The van der Waals surface area contributed by atoms with Gasteiger partial charge in [-0.25, -0.2) is 8.42 Å². The average molecular weight is 342 g/mol. The Morgan fingerprint density at radius 2 is 1.55 bits per heavy atom. The van der Waals surface area contributed by atoms with E-state index in [1.54, 1.807) is 16.3 Å². The fraction of sp³-hybridized carbons (Fsp3) is 0.667. The second-order valence-corrected chi connectivity index (χ2v) is 8.75. The Hall–Kier alpha value is -0.920. The van der Waals surface area contributed by atoms with E-state index >= 15 is 0 Å². The van der Waals surface area contributed by atoms with Crippen molar-refractivity contribution in [2.45, 2.75) is 43.4 Å². The van der Waals surface area contributed by atoms with E-state index in [2.05, 4.69) is 0 Å². The zero-order valence-electron chi connectivity index (χ0n) is 12.7. The molecule has 2 aliphatic heterocycles. The summed E-state index contributed by atoms with van der Waals surface area (Å²) in [5.74, 6) is -0.120. The van der Waals surface area contributed by atoms with Crippen molar-refractivity contribution in [1.29, 1.82) is 0 Å². The summed E-state index contributed by atoms with van der Waals surface area (Å²) in [5.41, 5.74) is 0. The quantitative estimate of drug-likeness (QED) is 0.848. The molecule has 0 atom stereocenters. The van der Waals surface area contributed by atoms with Crippen LogP contribution in [0.3, 0.4) is 0 Å². The SMILES string of the molecule is O=C(c1sccc1S(=O)(=O)N1CCCCC1)N1CCCCC1. The molecule has 0 aliphatic carbocycles. The summed E-state index contributed by atoms with van der Waals surface area (Å²) in [5, 5.41) is 1.72. The lowest BCUT2D eigenvalue weighted by atomic mass is 10.1. The van der Waals surface area contributed by atoms with Crippen LogP contribution in [0.1, 0.15) is 48.2 Å². The van der Waals surface area contributed by atoms with E-state index in [0.29, 0.717) is 18.0 Å². The Balaban J connectivity index is 1.86. The molecule has 1 amide bonds. The third kappa shape index (κ3) is 3.07. The van der Waals surface area contributed by atoms with Gasteiger partial charge in [0.2, 0.25) is 10.0 Å². The minimum absolute atomic E-state index is 0.120. The second kappa shape index (κ2) is 6.68. The van der Waals surface area contributed by atoms with Gasteiger partial charge in [0.1, 0.15) is 9.77 Å². The number of likely N-dealkylation sites (tertiary alicyclic amines) is 1. The Kier molecular flexibility index (Phi) is 4.84. The van der Waals surface area contributed by atoms with Gasteiger partial charge in [0.05, 0.1) is 0 Å². The van der Waals surface area contributed by atoms with Crippen LogP contribution in [0.4, 0.5) is 0 Å². The molecule has 0 radical (unpaired) electrons. The van der Waals surface area contributed by atoms with Gasteiger partial charge >= 0.3 is 0 Å². The predicted molar refractivity (Wildman–Crippen MR) is 86.7 cm³/mol. The molecule has 2 saturated heterocycles. The molecule has 5 nitrogen and oxygen atoms in total. The van der Waals surface area contributed by atoms with Crippen LogP contribution in [0, 0.1) is 0 Å². The summed E-state index contributed by atoms with van der Waals surface area (Å²) in [6.07, 6.45) is 6.04. The molecule has 0 bridgehead atoms. The molecular weight excluding hydrogens is 320 g/mol. The van der Waals surface area contributed by atoms with Crippen LogP contribution in [-0.4, -0.2) is 49.7 Å². The first-order valence-electron chi connectivity index (χ1n) is 7.97. The van der Waals surface area contributed by atoms with Gasteiger partial charge in [-0.2, -0.15) is 4.31 Å². The fourth-order valence-electron chi connectivity index (χ4n) is 3.14. The molecule has 0 unspecified atom stereocenters. The third-order valence-electron chi connectivity index (χ3n) is 4.40. The van der Waals surface area contributed by atoms with Crippen molar-refractivity contribution in [1.82, 2.24) is 9.21 Å². The lowest BCUT2D eigenvalue weighted by molar-refractivity contribution is 0.0725. The number of hydrogen-bond donors (Lipinski definition) is 0. The van der Waals surface area contributed by atoms with Crippen molar-refractivity contribution in [2.75, 3.05) is 26.2 Å². The lowest BCUT2D eigenvalue weighted by Crippen LogP contribution is -2.38. The van der Waals surface area contributed by atoms with Gasteiger partial charge in [-0.15, -0.1) is 11.3 Å². The lowest BCUT2D eigenvalue weighted by Gasteiger charge is -2.28. The Morgan fingerprint density at radius 3 is 2.18 bits per heavy atom. The molecule has 122 valence electrons. The molecule has 2 aliphatic rings. The van der Waals surface area contributed by atoms with Crippen LogP contribution in [0.15, 0.2) is 16.3 Å². The summed E-state index contributed by atoms with van der Waals surface area (Å²) in [7, 11) is -3.54. The Bertz CT molecular complexity index is 627. The van der Waals surface area contributed by atoms with E-state index in [1.165, 1.54) is 15.6 Å². The molecule has 0 saturated carbocycles. The highest BCUT2D eigenvalue weighted by Gasteiger charge is 2.32. The molecule has 0 spiro atoms. The second-order valence-electron chi connectivity index (χ2n) is 5.93. The molecular formula is C15H22N2O3S2. The van der Waals surface area contributed by atoms with E-state index in [0.717, 1.165) is 51.6 Å².